The zero-order valence-electron chi connectivity index (χ0n) is 15.3. The molecule has 1 atom stereocenters. The Morgan fingerprint density at radius 1 is 1.30 bits per heavy atom. The minimum absolute atomic E-state index is 0.121. The van der Waals surface area contributed by atoms with E-state index in [-0.39, 0.29) is 24.1 Å². The van der Waals surface area contributed by atoms with Gasteiger partial charge in [-0.05, 0) is 49.6 Å². The van der Waals surface area contributed by atoms with E-state index in [1.54, 1.807) is 18.2 Å². The van der Waals surface area contributed by atoms with E-state index in [1.807, 2.05) is 36.0 Å². The van der Waals surface area contributed by atoms with Gasteiger partial charge >= 0.3 is 0 Å². The molecule has 146 valence electrons. The molecule has 27 heavy (non-hydrogen) atoms. The Morgan fingerprint density at radius 3 is 2.74 bits per heavy atom. The van der Waals surface area contributed by atoms with Crippen molar-refractivity contribution in [3.63, 3.8) is 0 Å². The molecule has 0 aliphatic carbocycles. The van der Waals surface area contributed by atoms with E-state index in [1.165, 1.54) is 4.31 Å². The standard InChI is InChI=1S/C19H24ClN3O3S/c1-2-12-27(25,26)23-11-5-6-15(14-23)19(24)21-17-8-7-16(20)13-18(17)22-9-3-4-10-22/h3-4,7-10,13,15H,2,5-6,11-12,14H2,1H3,(H,21,24). The summed E-state index contributed by atoms with van der Waals surface area (Å²) < 4.78 is 28.0. The van der Waals surface area contributed by atoms with Crippen LogP contribution in [0.2, 0.25) is 5.02 Å². The van der Waals surface area contributed by atoms with Gasteiger partial charge in [-0.3, -0.25) is 4.79 Å². The Bertz CT molecular complexity index is 897. The van der Waals surface area contributed by atoms with Gasteiger partial charge in [0.25, 0.3) is 0 Å². The molecule has 0 radical (unpaired) electrons. The molecule has 1 aromatic carbocycles. The number of anilines is 1. The zero-order valence-corrected chi connectivity index (χ0v) is 16.8. The number of rotatable bonds is 6. The minimum atomic E-state index is -3.29. The van der Waals surface area contributed by atoms with E-state index in [2.05, 4.69) is 5.32 Å². The van der Waals surface area contributed by atoms with Gasteiger partial charge in [-0.15, -0.1) is 0 Å². The topological polar surface area (TPSA) is 71.4 Å². The summed E-state index contributed by atoms with van der Waals surface area (Å²) in [4.78, 5) is 12.8. The van der Waals surface area contributed by atoms with Gasteiger partial charge in [0.2, 0.25) is 15.9 Å². The summed E-state index contributed by atoms with van der Waals surface area (Å²) in [5.41, 5.74) is 1.42. The average molecular weight is 410 g/mol. The fourth-order valence-corrected chi connectivity index (χ4v) is 5.10. The van der Waals surface area contributed by atoms with Crippen LogP contribution in [0.15, 0.2) is 42.7 Å². The number of nitrogens with zero attached hydrogens (tertiary/aromatic N) is 2. The first-order chi connectivity index (χ1) is 12.9. The van der Waals surface area contributed by atoms with Crippen molar-refractivity contribution in [2.75, 3.05) is 24.2 Å². The number of piperidine rings is 1. The first kappa shape index (κ1) is 19.9. The molecule has 0 spiro atoms. The maximum absolute atomic E-state index is 12.8. The molecule has 0 bridgehead atoms. The lowest BCUT2D eigenvalue weighted by atomic mass is 9.98. The van der Waals surface area contributed by atoms with Crippen LogP contribution in [0.25, 0.3) is 5.69 Å². The van der Waals surface area contributed by atoms with E-state index in [9.17, 15) is 13.2 Å². The average Bonchev–Trinajstić information content (AvgIpc) is 3.18. The molecule has 1 aliphatic rings. The van der Waals surface area contributed by atoms with Crippen molar-refractivity contribution in [2.24, 2.45) is 5.92 Å². The third-order valence-corrected chi connectivity index (χ3v) is 6.99. The maximum atomic E-state index is 12.8. The number of hydrogen-bond donors (Lipinski definition) is 1. The molecule has 3 rings (SSSR count). The summed E-state index contributed by atoms with van der Waals surface area (Å²) in [5.74, 6) is -0.406. The predicted octanol–water partition coefficient (Wildman–Crippen LogP) is 3.52. The van der Waals surface area contributed by atoms with Crippen LogP contribution in [0.5, 0.6) is 0 Å². The van der Waals surface area contributed by atoms with E-state index in [0.29, 0.717) is 36.5 Å². The van der Waals surface area contributed by atoms with E-state index in [0.717, 1.165) is 5.69 Å². The molecule has 2 aromatic rings. The van der Waals surface area contributed by atoms with Gasteiger partial charge in [-0.25, -0.2) is 12.7 Å². The molecular weight excluding hydrogens is 386 g/mol. The van der Waals surface area contributed by atoms with Gasteiger partial charge in [0.05, 0.1) is 23.0 Å². The fraction of sp³-hybridized carbons (Fsp3) is 0.421. The zero-order chi connectivity index (χ0) is 19.4. The van der Waals surface area contributed by atoms with Crippen molar-refractivity contribution in [1.82, 2.24) is 8.87 Å². The summed E-state index contributed by atoms with van der Waals surface area (Å²) in [6, 6.07) is 9.07. The highest BCUT2D eigenvalue weighted by Crippen LogP contribution is 2.27. The number of nitrogens with one attached hydrogen (secondary N) is 1. The number of amides is 1. The van der Waals surface area contributed by atoms with E-state index in [4.69, 9.17) is 11.6 Å². The summed E-state index contributed by atoms with van der Waals surface area (Å²) >= 11 is 6.12. The first-order valence-corrected chi connectivity index (χ1v) is 11.1. The molecule has 6 nitrogen and oxygen atoms in total. The number of carbonyl (C=O) groups excluding carboxylic acids is 1. The summed E-state index contributed by atoms with van der Waals surface area (Å²) in [6.07, 6.45) is 5.69. The van der Waals surface area contributed by atoms with Gasteiger partial charge in [0, 0.05) is 30.5 Å². The lowest BCUT2D eigenvalue weighted by molar-refractivity contribution is -0.120. The van der Waals surface area contributed by atoms with Crippen LogP contribution in [0.3, 0.4) is 0 Å². The molecule has 0 saturated carbocycles. The second-order valence-corrected chi connectivity index (χ2v) is 9.28. The number of halogens is 1. The third-order valence-electron chi connectivity index (χ3n) is 4.71. The second kappa shape index (κ2) is 8.46. The van der Waals surface area contributed by atoms with Crippen LogP contribution in [-0.4, -0.2) is 42.0 Å². The van der Waals surface area contributed by atoms with Crippen molar-refractivity contribution in [1.29, 1.82) is 0 Å². The number of hydrogen-bond acceptors (Lipinski definition) is 3. The van der Waals surface area contributed by atoms with Crippen molar-refractivity contribution < 1.29 is 13.2 Å². The highest BCUT2D eigenvalue weighted by molar-refractivity contribution is 7.89. The normalized spacial score (nSPS) is 18.4. The van der Waals surface area contributed by atoms with Gasteiger partial charge in [0.1, 0.15) is 0 Å². The smallest absolute Gasteiger partial charge is 0.228 e. The number of sulfonamides is 1. The summed E-state index contributed by atoms with van der Waals surface area (Å²) in [7, 11) is -3.29. The first-order valence-electron chi connectivity index (χ1n) is 9.12. The summed E-state index contributed by atoms with van der Waals surface area (Å²) in [6.45, 7) is 2.57. The van der Waals surface area contributed by atoms with Crippen molar-refractivity contribution in [3.05, 3.63) is 47.7 Å². The van der Waals surface area contributed by atoms with E-state index >= 15 is 0 Å². The molecule has 1 fully saturated rings. The number of benzene rings is 1. The Morgan fingerprint density at radius 2 is 2.04 bits per heavy atom. The van der Waals surface area contributed by atoms with Crippen LogP contribution in [0, 0.1) is 5.92 Å². The monoisotopic (exact) mass is 409 g/mol. The molecule has 1 amide bonds. The van der Waals surface area contributed by atoms with Crippen LogP contribution < -0.4 is 5.32 Å². The molecule has 1 N–H and O–H groups in total. The number of aromatic nitrogens is 1. The van der Waals surface area contributed by atoms with Crippen LogP contribution in [0.4, 0.5) is 5.69 Å². The molecule has 8 heteroatoms. The SMILES string of the molecule is CCCS(=O)(=O)N1CCCC(C(=O)Nc2ccc(Cl)cc2-n2cccc2)C1. The predicted molar refractivity (Wildman–Crippen MR) is 108 cm³/mol. The van der Waals surface area contributed by atoms with Gasteiger partial charge in [-0.2, -0.15) is 0 Å². The lowest BCUT2D eigenvalue weighted by Gasteiger charge is -2.31. The fourth-order valence-electron chi connectivity index (χ4n) is 3.35. The number of carbonyl (C=O) groups is 1. The molecule has 1 aliphatic heterocycles. The molecule has 2 heterocycles. The third kappa shape index (κ3) is 4.72. The Hall–Kier alpha value is -1.83. The van der Waals surface area contributed by atoms with Crippen LogP contribution >= 0.6 is 11.6 Å². The van der Waals surface area contributed by atoms with Crippen molar-refractivity contribution >= 4 is 33.2 Å². The largest absolute Gasteiger partial charge is 0.324 e. The molecule has 1 aromatic heterocycles. The van der Waals surface area contributed by atoms with Gasteiger partial charge in [-0.1, -0.05) is 18.5 Å². The quantitative estimate of drug-likeness (QED) is 0.793. The maximum Gasteiger partial charge on any atom is 0.228 e. The van der Waals surface area contributed by atoms with Crippen molar-refractivity contribution in [3.8, 4) is 5.69 Å². The van der Waals surface area contributed by atoms with Crippen LogP contribution in [0.1, 0.15) is 26.2 Å². The highest BCUT2D eigenvalue weighted by Gasteiger charge is 2.32. The van der Waals surface area contributed by atoms with Gasteiger partial charge < -0.3 is 9.88 Å². The van der Waals surface area contributed by atoms with Crippen molar-refractivity contribution in [2.45, 2.75) is 26.2 Å². The highest BCUT2D eigenvalue weighted by atomic mass is 35.5. The minimum Gasteiger partial charge on any atom is -0.324 e. The van der Waals surface area contributed by atoms with E-state index < -0.39 is 10.0 Å². The molecule has 1 saturated heterocycles. The van der Waals surface area contributed by atoms with Crippen LogP contribution in [-0.2, 0) is 14.8 Å². The summed E-state index contributed by atoms with van der Waals surface area (Å²) in [5, 5.41) is 3.54. The Labute approximate surface area is 165 Å². The second-order valence-electron chi connectivity index (χ2n) is 6.75. The van der Waals surface area contributed by atoms with Gasteiger partial charge in [0.15, 0.2) is 0 Å². The lowest BCUT2D eigenvalue weighted by Crippen LogP contribution is -2.44. The Balaban J connectivity index is 1.76. The molecule has 1 unspecified atom stereocenters. The molecular formula is C19H24ClN3O3S. The Kier molecular flexibility index (Phi) is 6.24.